The lowest BCUT2D eigenvalue weighted by Crippen LogP contribution is -2.72. The molecule has 0 aromatic heterocycles. The lowest BCUT2D eigenvalue weighted by Gasteiger charge is -2.77. The van der Waals surface area contributed by atoms with Crippen LogP contribution in [0.3, 0.4) is 0 Å². The topological polar surface area (TPSA) is 3.24 Å². The van der Waals surface area contributed by atoms with Crippen LogP contribution >= 0.6 is 0 Å². The first-order chi connectivity index (χ1) is 26.7. The summed E-state index contributed by atoms with van der Waals surface area (Å²) >= 11 is 0. The third kappa shape index (κ3) is 3.31. The molecule has 2 spiro atoms. The predicted molar refractivity (Wildman–Crippen MR) is 219 cm³/mol. The third-order valence-corrected chi connectivity index (χ3v) is 17.7. The lowest BCUT2D eigenvalue weighted by atomic mass is 9.27. The summed E-state index contributed by atoms with van der Waals surface area (Å²) in [5.74, 6) is 10.0. The van der Waals surface area contributed by atoms with Crippen LogP contribution in [-0.4, -0.2) is 0 Å². The second-order valence-corrected chi connectivity index (χ2v) is 18.9. The van der Waals surface area contributed by atoms with Crippen LogP contribution in [0.4, 0.5) is 17.1 Å². The van der Waals surface area contributed by atoms with Gasteiger partial charge >= 0.3 is 0 Å². The van der Waals surface area contributed by atoms with Crippen molar-refractivity contribution in [3.05, 3.63) is 163 Å². The Morgan fingerprint density at radius 2 is 1.07 bits per heavy atom. The van der Waals surface area contributed by atoms with Crippen LogP contribution in [-0.2, 0) is 5.41 Å². The van der Waals surface area contributed by atoms with Gasteiger partial charge in [0.1, 0.15) is 0 Å². The number of rotatable bonds is 5. The molecule has 0 heterocycles. The maximum absolute atomic E-state index is 2.71. The maximum atomic E-state index is 2.71. The van der Waals surface area contributed by atoms with E-state index in [-0.39, 0.29) is 5.41 Å². The number of hydrogen-bond donors (Lipinski definition) is 0. The van der Waals surface area contributed by atoms with Gasteiger partial charge in [-0.25, -0.2) is 0 Å². The smallest absolute Gasteiger partial charge is 0.0462 e. The highest BCUT2D eigenvalue weighted by atomic mass is 15.1. The number of hydrogen-bond acceptors (Lipinski definition) is 1. The number of fused-ring (bicyclic) bond motifs is 10. The molecule has 262 valence electrons. The summed E-state index contributed by atoms with van der Waals surface area (Å²) in [4.78, 5) is 2.39. The minimum atomic E-state index is 0.206. The van der Waals surface area contributed by atoms with Crippen LogP contribution in [0.5, 0.6) is 0 Å². The molecule has 0 saturated heterocycles. The Kier molecular flexibility index (Phi) is 5.48. The fourth-order valence-electron chi connectivity index (χ4n) is 16.5. The second-order valence-electron chi connectivity index (χ2n) is 18.9. The molecule has 0 N–H and O–H groups in total. The van der Waals surface area contributed by atoms with E-state index < -0.39 is 0 Å². The van der Waals surface area contributed by atoms with Gasteiger partial charge in [-0.1, -0.05) is 109 Å². The van der Waals surface area contributed by atoms with E-state index >= 15 is 0 Å². The van der Waals surface area contributed by atoms with Crippen molar-refractivity contribution < 1.29 is 0 Å². The van der Waals surface area contributed by atoms with Crippen molar-refractivity contribution >= 4 is 17.1 Å². The van der Waals surface area contributed by atoms with Crippen molar-refractivity contribution in [3.8, 4) is 33.4 Å². The minimum absolute atomic E-state index is 0.206. The summed E-state index contributed by atoms with van der Waals surface area (Å²) in [6.07, 6.45) is 7.76. The third-order valence-electron chi connectivity index (χ3n) is 17.7. The van der Waals surface area contributed by atoms with Gasteiger partial charge in [0.25, 0.3) is 0 Å². The van der Waals surface area contributed by atoms with Crippen LogP contribution in [0.15, 0.2) is 152 Å². The average molecular weight is 696 g/mol. The molecule has 12 unspecified atom stereocenters. The monoisotopic (exact) mass is 695 g/mol. The first-order valence-corrected chi connectivity index (χ1v) is 21.1. The van der Waals surface area contributed by atoms with Gasteiger partial charge in [0.2, 0.25) is 0 Å². The van der Waals surface area contributed by atoms with E-state index in [4.69, 9.17) is 0 Å². The van der Waals surface area contributed by atoms with Gasteiger partial charge in [-0.2, -0.15) is 0 Å². The zero-order valence-electron chi connectivity index (χ0n) is 30.7. The van der Waals surface area contributed by atoms with E-state index in [1.807, 2.05) is 0 Å². The molecule has 12 atom stereocenters. The summed E-state index contributed by atoms with van der Waals surface area (Å²) in [6.45, 7) is 0. The van der Waals surface area contributed by atoms with E-state index in [2.05, 4.69) is 157 Å². The summed E-state index contributed by atoms with van der Waals surface area (Å²) in [7, 11) is 0. The number of anilines is 3. The molecule has 8 aliphatic rings. The van der Waals surface area contributed by atoms with Crippen molar-refractivity contribution in [2.75, 3.05) is 4.90 Å². The Balaban J connectivity index is 0.873. The Hall–Kier alpha value is -4.88. The Labute approximate surface area is 319 Å². The van der Waals surface area contributed by atoms with Gasteiger partial charge in [0.15, 0.2) is 0 Å². The largest absolute Gasteiger partial charge is 0.311 e. The lowest BCUT2D eigenvalue weighted by molar-refractivity contribution is -0.291. The molecule has 4 bridgehead atoms. The molecule has 0 aliphatic heterocycles. The SMILES string of the molecule is c1ccc(-c2ccc(N(c3ccccc3)c3ccc(-c4ccc5c(c4)C4(c6ccccc6-5)C5CC6C7CC8CC9C%10CC8C7C6C%10(C5)C94)cc3)cc2)cc1. The van der Waals surface area contributed by atoms with E-state index in [0.717, 1.165) is 59.2 Å². The fourth-order valence-corrected chi connectivity index (χ4v) is 16.5. The molecule has 54 heavy (non-hydrogen) atoms. The van der Waals surface area contributed by atoms with Crippen LogP contribution in [0.1, 0.15) is 43.2 Å². The first kappa shape index (κ1) is 29.5. The summed E-state index contributed by atoms with van der Waals surface area (Å²) in [5.41, 5.74) is 16.1. The molecule has 6 aromatic carbocycles. The van der Waals surface area contributed by atoms with Crippen LogP contribution in [0.25, 0.3) is 33.4 Å². The van der Waals surface area contributed by atoms with Crippen molar-refractivity contribution in [1.29, 1.82) is 0 Å². The zero-order valence-corrected chi connectivity index (χ0v) is 30.7. The van der Waals surface area contributed by atoms with Gasteiger partial charge < -0.3 is 4.90 Å². The molecule has 6 aromatic rings. The number of benzene rings is 6. The molecule has 1 heteroatoms. The highest BCUT2D eigenvalue weighted by Crippen LogP contribution is 2.92. The standard InChI is InChI=1S/C53H45N/c1-3-9-31(10-4-1)32-15-20-38(21-16-32)54(37-11-5-2-6-12-37)39-22-17-33(18-23-39)34-19-24-41-40-13-7-8-14-46(40)53(48(41)27-34)36-28-44-43-25-35-26-45-47-29-42(35)49(43)50(44)52(47,30-36)51(45)53/h1-24,27,35-36,42-45,47,49-51H,25-26,28-30H2. The Bertz CT molecular complexity index is 2500. The molecule has 14 rings (SSSR count). The average Bonchev–Trinajstić information content (AvgIpc) is 3.80. The predicted octanol–water partition coefficient (Wildman–Crippen LogP) is 13.0. The molecular formula is C53H45N. The van der Waals surface area contributed by atoms with Crippen LogP contribution < -0.4 is 4.90 Å². The van der Waals surface area contributed by atoms with E-state index in [1.54, 1.807) is 41.5 Å². The molecule has 0 radical (unpaired) electrons. The summed E-state index contributed by atoms with van der Waals surface area (Å²) in [6, 6.07) is 57.4. The van der Waals surface area contributed by atoms with Crippen molar-refractivity contribution in [3.63, 3.8) is 0 Å². The molecule has 0 amide bonds. The summed E-state index contributed by atoms with van der Waals surface area (Å²) < 4.78 is 0. The van der Waals surface area contributed by atoms with Gasteiger partial charge in [-0.15, -0.1) is 0 Å². The highest BCUT2D eigenvalue weighted by Gasteiger charge is 2.87. The number of para-hydroxylation sites is 1. The van der Waals surface area contributed by atoms with Gasteiger partial charge in [0, 0.05) is 22.5 Å². The molecule has 1 nitrogen and oxygen atoms in total. The second kappa shape index (κ2) is 10.0. The first-order valence-electron chi connectivity index (χ1n) is 21.1. The van der Waals surface area contributed by atoms with E-state index in [0.29, 0.717) is 5.41 Å². The normalized spacial score (nSPS) is 37.0. The zero-order chi connectivity index (χ0) is 34.9. The molecule has 8 aliphatic carbocycles. The fraction of sp³-hybridized carbons (Fsp3) is 0.321. The van der Waals surface area contributed by atoms with Crippen molar-refractivity contribution in [2.45, 2.75) is 37.5 Å². The van der Waals surface area contributed by atoms with Crippen molar-refractivity contribution in [1.82, 2.24) is 0 Å². The van der Waals surface area contributed by atoms with Gasteiger partial charge in [-0.05, 0) is 184 Å². The van der Waals surface area contributed by atoms with Gasteiger partial charge in [0.05, 0.1) is 0 Å². The van der Waals surface area contributed by atoms with E-state index in [1.165, 1.54) is 52.2 Å². The maximum Gasteiger partial charge on any atom is 0.0462 e. The van der Waals surface area contributed by atoms with Crippen LogP contribution in [0.2, 0.25) is 0 Å². The van der Waals surface area contributed by atoms with E-state index in [9.17, 15) is 0 Å². The Morgan fingerprint density at radius 1 is 0.463 bits per heavy atom. The van der Waals surface area contributed by atoms with Gasteiger partial charge in [-0.3, -0.25) is 0 Å². The summed E-state index contributed by atoms with van der Waals surface area (Å²) in [5, 5.41) is 0. The minimum Gasteiger partial charge on any atom is -0.311 e. The molecular weight excluding hydrogens is 651 g/mol. The Morgan fingerprint density at radius 3 is 1.85 bits per heavy atom. The molecule has 7 fully saturated rings. The highest BCUT2D eigenvalue weighted by molar-refractivity contribution is 5.86. The van der Waals surface area contributed by atoms with Crippen LogP contribution in [0, 0.1) is 64.6 Å². The van der Waals surface area contributed by atoms with Crippen molar-refractivity contribution in [2.24, 2.45) is 64.6 Å². The quantitative estimate of drug-likeness (QED) is 0.174. The molecule has 7 saturated carbocycles. The number of nitrogens with zero attached hydrogens (tertiary/aromatic N) is 1.